The Balaban J connectivity index is 2.14. The third-order valence-electron chi connectivity index (χ3n) is 2.65. The van der Waals surface area contributed by atoms with Crippen LogP contribution in [0.1, 0.15) is 15.9 Å². The molecular formula is C14H9BrClNO4. The van der Waals surface area contributed by atoms with Crippen molar-refractivity contribution >= 4 is 39.2 Å². The molecule has 0 aliphatic carbocycles. The van der Waals surface area contributed by atoms with Gasteiger partial charge in [0.1, 0.15) is 11.6 Å². The molecule has 2 aromatic carbocycles. The van der Waals surface area contributed by atoms with Gasteiger partial charge in [0.2, 0.25) is 0 Å². The average molecular weight is 371 g/mol. The van der Waals surface area contributed by atoms with Gasteiger partial charge >= 0.3 is 5.97 Å². The van der Waals surface area contributed by atoms with Gasteiger partial charge in [0.05, 0.1) is 10.5 Å². The Bertz CT molecular complexity index is 705. The minimum atomic E-state index is -0.705. The Morgan fingerprint density at radius 2 is 2.00 bits per heavy atom. The highest BCUT2D eigenvalue weighted by atomic mass is 79.9. The second kappa shape index (κ2) is 6.69. The average Bonchev–Trinajstić information content (AvgIpc) is 2.45. The summed E-state index contributed by atoms with van der Waals surface area (Å²) in [4.78, 5) is 22.1. The van der Waals surface area contributed by atoms with Crippen molar-refractivity contribution in [1.29, 1.82) is 0 Å². The smallest absolute Gasteiger partial charge is 0.340 e. The first-order valence-electron chi connectivity index (χ1n) is 5.83. The number of hydrogen-bond donors (Lipinski definition) is 0. The lowest BCUT2D eigenvalue weighted by molar-refractivity contribution is -0.384. The molecule has 21 heavy (non-hydrogen) atoms. The zero-order valence-electron chi connectivity index (χ0n) is 10.6. The van der Waals surface area contributed by atoms with Gasteiger partial charge in [0.15, 0.2) is 0 Å². The van der Waals surface area contributed by atoms with Crippen LogP contribution in [0.25, 0.3) is 0 Å². The summed E-state index contributed by atoms with van der Waals surface area (Å²) in [6, 6.07) is 11.3. The van der Waals surface area contributed by atoms with Crippen LogP contribution in [0.2, 0.25) is 5.02 Å². The van der Waals surface area contributed by atoms with E-state index in [1.165, 1.54) is 18.2 Å². The molecule has 0 spiro atoms. The quantitative estimate of drug-likeness (QED) is 0.455. The van der Waals surface area contributed by atoms with Crippen LogP contribution in [-0.4, -0.2) is 10.9 Å². The van der Waals surface area contributed by atoms with Crippen LogP contribution in [0, 0.1) is 10.1 Å². The van der Waals surface area contributed by atoms with Gasteiger partial charge in [-0.2, -0.15) is 0 Å². The Labute approximate surface area is 133 Å². The fourth-order valence-electron chi connectivity index (χ4n) is 1.67. The molecule has 0 saturated heterocycles. The normalized spacial score (nSPS) is 10.2. The fourth-order valence-corrected chi connectivity index (χ4v) is 2.39. The molecule has 0 fully saturated rings. The first-order valence-corrected chi connectivity index (χ1v) is 7.00. The Morgan fingerprint density at radius 3 is 2.67 bits per heavy atom. The number of hydrogen-bond acceptors (Lipinski definition) is 4. The van der Waals surface area contributed by atoms with Gasteiger partial charge in [0, 0.05) is 10.5 Å². The monoisotopic (exact) mass is 369 g/mol. The predicted octanol–water partition coefficient (Wildman–Crippen LogP) is 4.37. The van der Waals surface area contributed by atoms with Crippen molar-refractivity contribution in [2.45, 2.75) is 6.61 Å². The van der Waals surface area contributed by atoms with Crippen LogP contribution in [0.3, 0.4) is 0 Å². The molecule has 0 heterocycles. The topological polar surface area (TPSA) is 69.4 Å². The number of esters is 1. The molecule has 0 bridgehead atoms. The van der Waals surface area contributed by atoms with Crippen molar-refractivity contribution in [3.8, 4) is 0 Å². The molecule has 2 aromatic rings. The van der Waals surface area contributed by atoms with Crippen LogP contribution >= 0.6 is 27.5 Å². The molecule has 0 unspecified atom stereocenters. The van der Waals surface area contributed by atoms with E-state index in [1.54, 1.807) is 6.07 Å². The van der Waals surface area contributed by atoms with Crippen molar-refractivity contribution in [1.82, 2.24) is 0 Å². The summed E-state index contributed by atoms with van der Waals surface area (Å²) in [7, 11) is 0. The molecule has 0 saturated carbocycles. The van der Waals surface area contributed by atoms with Gasteiger partial charge in [-0.1, -0.05) is 45.7 Å². The van der Waals surface area contributed by atoms with Crippen molar-refractivity contribution in [3.05, 3.63) is 73.2 Å². The summed E-state index contributed by atoms with van der Waals surface area (Å²) in [6.45, 7) is 0.0529. The van der Waals surface area contributed by atoms with E-state index in [2.05, 4.69) is 15.9 Å². The molecule has 7 heteroatoms. The Kier molecular flexibility index (Phi) is 4.93. The lowest BCUT2D eigenvalue weighted by Gasteiger charge is -2.07. The SMILES string of the molecule is O=C(OCc1cccc(Br)c1)c1cccc([N+](=O)[O-])c1Cl. The van der Waals surface area contributed by atoms with Crippen molar-refractivity contribution < 1.29 is 14.5 Å². The van der Waals surface area contributed by atoms with Gasteiger partial charge in [-0.15, -0.1) is 0 Å². The van der Waals surface area contributed by atoms with Gasteiger partial charge in [-0.05, 0) is 23.8 Å². The summed E-state index contributed by atoms with van der Waals surface area (Å²) in [6.07, 6.45) is 0. The van der Waals surface area contributed by atoms with E-state index in [4.69, 9.17) is 16.3 Å². The molecular weight excluding hydrogens is 362 g/mol. The highest BCUT2D eigenvalue weighted by molar-refractivity contribution is 9.10. The Hall–Kier alpha value is -1.92. The number of benzene rings is 2. The number of rotatable bonds is 4. The van der Waals surface area contributed by atoms with E-state index >= 15 is 0 Å². The standard InChI is InChI=1S/C14H9BrClNO4/c15-10-4-1-3-9(7-10)8-21-14(18)11-5-2-6-12(13(11)16)17(19)20/h1-7H,8H2. The second-order valence-electron chi connectivity index (χ2n) is 4.10. The molecule has 108 valence electrons. The molecule has 0 N–H and O–H groups in total. The highest BCUT2D eigenvalue weighted by Gasteiger charge is 2.20. The molecule has 0 aromatic heterocycles. The predicted molar refractivity (Wildman–Crippen MR) is 81.4 cm³/mol. The molecule has 0 amide bonds. The molecule has 0 radical (unpaired) electrons. The van der Waals surface area contributed by atoms with Crippen LogP contribution < -0.4 is 0 Å². The summed E-state index contributed by atoms with van der Waals surface area (Å²) < 4.78 is 5.98. The lowest BCUT2D eigenvalue weighted by Crippen LogP contribution is -2.07. The number of ether oxygens (including phenoxy) is 1. The van der Waals surface area contributed by atoms with Crippen LogP contribution in [-0.2, 0) is 11.3 Å². The van der Waals surface area contributed by atoms with Gasteiger partial charge < -0.3 is 4.74 Å². The van der Waals surface area contributed by atoms with E-state index in [9.17, 15) is 14.9 Å². The van der Waals surface area contributed by atoms with Crippen molar-refractivity contribution in [2.75, 3.05) is 0 Å². The van der Waals surface area contributed by atoms with E-state index in [0.29, 0.717) is 0 Å². The van der Waals surface area contributed by atoms with E-state index in [1.807, 2.05) is 18.2 Å². The Morgan fingerprint density at radius 1 is 1.29 bits per heavy atom. The number of carbonyl (C=O) groups is 1. The van der Waals surface area contributed by atoms with E-state index in [0.717, 1.165) is 10.0 Å². The second-order valence-corrected chi connectivity index (χ2v) is 5.40. The summed E-state index contributed by atoms with van der Waals surface area (Å²) in [5.41, 5.74) is 0.439. The van der Waals surface area contributed by atoms with E-state index in [-0.39, 0.29) is 22.9 Å². The molecule has 0 aliphatic heterocycles. The summed E-state index contributed by atoms with van der Waals surface area (Å²) in [5, 5.41) is 10.6. The lowest BCUT2D eigenvalue weighted by atomic mass is 10.2. The summed E-state index contributed by atoms with van der Waals surface area (Å²) in [5.74, 6) is -0.705. The number of nitro groups is 1. The molecule has 5 nitrogen and oxygen atoms in total. The number of nitro benzene ring substituents is 1. The maximum Gasteiger partial charge on any atom is 0.340 e. The van der Waals surface area contributed by atoms with Crippen LogP contribution in [0.15, 0.2) is 46.9 Å². The van der Waals surface area contributed by atoms with Crippen LogP contribution in [0.4, 0.5) is 5.69 Å². The maximum atomic E-state index is 12.0. The number of nitrogens with zero attached hydrogens (tertiary/aromatic N) is 1. The first kappa shape index (κ1) is 15.5. The summed E-state index contributed by atoms with van der Waals surface area (Å²) >= 11 is 9.17. The van der Waals surface area contributed by atoms with Gasteiger partial charge in [-0.3, -0.25) is 10.1 Å². The van der Waals surface area contributed by atoms with Crippen molar-refractivity contribution in [3.63, 3.8) is 0 Å². The zero-order chi connectivity index (χ0) is 15.4. The van der Waals surface area contributed by atoms with Gasteiger partial charge in [-0.25, -0.2) is 4.79 Å². The zero-order valence-corrected chi connectivity index (χ0v) is 12.9. The minimum absolute atomic E-state index is 0.0270. The minimum Gasteiger partial charge on any atom is -0.457 e. The number of halogens is 2. The largest absolute Gasteiger partial charge is 0.457 e. The molecule has 0 atom stereocenters. The highest BCUT2D eigenvalue weighted by Crippen LogP contribution is 2.28. The fraction of sp³-hybridized carbons (Fsp3) is 0.0714. The molecule has 0 aliphatic rings. The maximum absolute atomic E-state index is 12.0. The third kappa shape index (κ3) is 3.80. The van der Waals surface area contributed by atoms with Crippen molar-refractivity contribution in [2.24, 2.45) is 0 Å². The van der Waals surface area contributed by atoms with Gasteiger partial charge in [0.25, 0.3) is 5.69 Å². The third-order valence-corrected chi connectivity index (χ3v) is 3.54. The van der Waals surface area contributed by atoms with E-state index < -0.39 is 10.9 Å². The first-order chi connectivity index (χ1) is 9.99. The molecule has 2 rings (SSSR count). The van der Waals surface area contributed by atoms with Crippen LogP contribution in [0.5, 0.6) is 0 Å². The number of carbonyl (C=O) groups excluding carboxylic acids is 1.